The van der Waals surface area contributed by atoms with Crippen molar-refractivity contribution in [2.45, 2.75) is 24.7 Å². The van der Waals surface area contributed by atoms with Crippen LogP contribution in [0.3, 0.4) is 0 Å². The number of carbonyl (C=O) groups is 1. The molecule has 0 saturated carbocycles. The number of alkyl halides is 3. The number of ether oxygens (including phenoxy) is 1. The minimum absolute atomic E-state index is 0.127. The zero-order valence-corrected chi connectivity index (χ0v) is 12.4. The molecule has 122 valence electrons. The third kappa shape index (κ3) is 5.15. The molecule has 2 atom stereocenters. The molecule has 22 heavy (non-hydrogen) atoms. The molecule has 0 spiro atoms. The Morgan fingerprint density at radius 3 is 2.64 bits per heavy atom. The third-order valence-electron chi connectivity index (χ3n) is 3.30. The second-order valence-electron chi connectivity index (χ2n) is 5.01. The van der Waals surface area contributed by atoms with Gasteiger partial charge in [-0.3, -0.25) is 4.79 Å². The predicted octanol–water partition coefficient (Wildman–Crippen LogP) is 2.44. The van der Waals surface area contributed by atoms with Gasteiger partial charge in [0, 0.05) is 17.7 Å². The van der Waals surface area contributed by atoms with Crippen LogP contribution in [0.4, 0.5) is 13.2 Å². The number of nitrogens with one attached hydrogen (secondary N) is 2. The zero-order valence-electron chi connectivity index (χ0n) is 11.6. The molecule has 2 rings (SSSR count). The summed E-state index contributed by atoms with van der Waals surface area (Å²) in [6, 6.07) is 7.02. The molecule has 1 aromatic rings. The van der Waals surface area contributed by atoms with Gasteiger partial charge in [0.05, 0.1) is 12.6 Å². The lowest BCUT2D eigenvalue weighted by atomic mass is 10.0. The van der Waals surface area contributed by atoms with Crippen LogP contribution in [0.15, 0.2) is 24.3 Å². The predicted molar refractivity (Wildman–Crippen MR) is 75.6 cm³/mol. The van der Waals surface area contributed by atoms with Crippen LogP contribution in [0.25, 0.3) is 0 Å². The van der Waals surface area contributed by atoms with Gasteiger partial charge in [0.2, 0.25) is 5.91 Å². The lowest BCUT2D eigenvalue weighted by Crippen LogP contribution is -2.43. The molecule has 1 amide bonds. The summed E-state index contributed by atoms with van der Waals surface area (Å²) in [5, 5.41) is 5.38. The molecule has 4 nitrogen and oxygen atoms in total. The third-order valence-corrected chi connectivity index (χ3v) is 3.55. The number of amides is 1. The van der Waals surface area contributed by atoms with E-state index in [0.717, 1.165) is 5.56 Å². The second-order valence-corrected chi connectivity index (χ2v) is 5.45. The Kier molecular flexibility index (Phi) is 5.66. The molecule has 0 aliphatic carbocycles. The van der Waals surface area contributed by atoms with Crippen LogP contribution in [0, 0.1) is 0 Å². The molecule has 1 heterocycles. The van der Waals surface area contributed by atoms with Crippen LogP contribution in [0.5, 0.6) is 0 Å². The highest BCUT2D eigenvalue weighted by Crippen LogP contribution is 2.29. The fraction of sp³-hybridized carbons (Fsp3) is 0.500. The first-order valence-corrected chi connectivity index (χ1v) is 7.17. The van der Waals surface area contributed by atoms with Gasteiger partial charge in [0.1, 0.15) is 6.54 Å². The maximum absolute atomic E-state index is 12.0. The van der Waals surface area contributed by atoms with Crippen molar-refractivity contribution in [2.24, 2.45) is 0 Å². The van der Waals surface area contributed by atoms with Crippen molar-refractivity contribution in [1.82, 2.24) is 10.6 Å². The molecule has 0 aromatic heterocycles. The first kappa shape index (κ1) is 17.1. The van der Waals surface area contributed by atoms with Gasteiger partial charge in [0.25, 0.3) is 0 Å². The minimum atomic E-state index is -4.40. The summed E-state index contributed by atoms with van der Waals surface area (Å²) in [4.78, 5) is 11.4. The summed E-state index contributed by atoms with van der Waals surface area (Å²) >= 11 is 5.83. The van der Waals surface area contributed by atoms with Crippen molar-refractivity contribution < 1.29 is 22.7 Å². The van der Waals surface area contributed by atoms with Crippen LogP contribution >= 0.6 is 11.6 Å². The average Bonchev–Trinajstić information content (AvgIpc) is 2.91. The number of halogens is 4. The maximum atomic E-state index is 12.0. The highest BCUT2D eigenvalue weighted by Gasteiger charge is 2.31. The summed E-state index contributed by atoms with van der Waals surface area (Å²) in [5.74, 6) is -0.695. The molecule has 1 saturated heterocycles. The van der Waals surface area contributed by atoms with E-state index in [1.807, 2.05) is 17.4 Å². The molecule has 1 aliphatic heterocycles. The van der Waals surface area contributed by atoms with Crippen molar-refractivity contribution in [3.63, 3.8) is 0 Å². The summed E-state index contributed by atoms with van der Waals surface area (Å²) in [5.41, 5.74) is 0.912. The molecule has 0 radical (unpaired) electrons. The van der Waals surface area contributed by atoms with Crippen molar-refractivity contribution in [2.75, 3.05) is 19.7 Å². The smallest absolute Gasteiger partial charge is 0.372 e. The Morgan fingerprint density at radius 1 is 1.32 bits per heavy atom. The van der Waals surface area contributed by atoms with Gasteiger partial charge in [-0.15, -0.1) is 0 Å². The van der Waals surface area contributed by atoms with E-state index in [1.54, 1.807) is 12.1 Å². The van der Waals surface area contributed by atoms with Gasteiger partial charge >= 0.3 is 6.18 Å². The number of rotatable bonds is 5. The SMILES string of the molecule is O=C(CN[C@@H]1CCO[C@H]1c1ccc(Cl)cc1)NCC(F)(F)F. The standard InChI is InChI=1S/C14H16ClF3N2O2/c15-10-3-1-9(2-4-10)13-11(5-6-22-13)19-7-12(21)20-8-14(16,17)18/h1-4,11,13,19H,5-8H2,(H,20,21)/t11-,13+/m1/s1. The molecule has 1 aromatic carbocycles. The van der Waals surface area contributed by atoms with Crippen LogP contribution < -0.4 is 10.6 Å². The van der Waals surface area contributed by atoms with Gasteiger partial charge in [-0.1, -0.05) is 23.7 Å². The molecule has 0 bridgehead atoms. The Morgan fingerprint density at radius 2 is 2.00 bits per heavy atom. The van der Waals surface area contributed by atoms with E-state index in [0.29, 0.717) is 18.1 Å². The highest BCUT2D eigenvalue weighted by molar-refractivity contribution is 6.30. The molecule has 8 heteroatoms. The molecule has 2 N–H and O–H groups in total. The zero-order chi connectivity index (χ0) is 16.2. The topological polar surface area (TPSA) is 50.4 Å². The van der Waals surface area contributed by atoms with Crippen LogP contribution in [0.2, 0.25) is 5.02 Å². The lowest BCUT2D eigenvalue weighted by molar-refractivity contribution is -0.138. The first-order valence-electron chi connectivity index (χ1n) is 6.79. The van der Waals surface area contributed by atoms with Crippen molar-refractivity contribution in [3.05, 3.63) is 34.9 Å². The molecule has 1 aliphatic rings. The second kappa shape index (κ2) is 7.30. The van der Waals surface area contributed by atoms with Gasteiger partial charge < -0.3 is 15.4 Å². The molecule has 0 unspecified atom stereocenters. The van der Waals surface area contributed by atoms with Crippen molar-refractivity contribution in [1.29, 1.82) is 0 Å². The van der Waals surface area contributed by atoms with E-state index in [2.05, 4.69) is 5.32 Å². The Balaban J connectivity index is 1.84. The van der Waals surface area contributed by atoms with E-state index in [-0.39, 0.29) is 18.7 Å². The van der Waals surface area contributed by atoms with Crippen LogP contribution in [-0.2, 0) is 9.53 Å². The minimum Gasteiger partial charge on any atom is -0.372 e. The van der Waals surface area contributed by atoms with Crippen LogP contribution in [0.1, 0.15) is 18.1 Å². The van der Waals surface area contributed by atoms with Gasteiger partial charge in [0.15, 0.2) is 0 Å². The lowest BCUT2D eigenvalue weighted by Gasteiger charge is -2.20. The summed E-state index contributed by atoms with van der Waals surface area (Å²) in [7, 11) is 0. The summed E-state index contributed by atoms with van der Waals surface area (Å²) in [6.45, 7) is -0.987. The Hall–Kier alpha value is -1.31. The monoisotopic (exact) mass is 336 g/mol. The number of carbonyl (C=O) groups excluding carboxylic acids is 1. The number of hydrogen-bond acceptors (Lipinski definition) is 3. The van der Waals surface area contributed by atoms with E-state index < -0.39 is 18.6 Å². The average molecular weight is 337 g/mol. The van der Waals surface area contributed by atoms with Gasteiger partial charge in [-0.05, 0) is 24.1 Å². The fourth-order valence-electron chi connectivity index (χ4n) is 2.26. The molecule has 1 fully saturated rings. The van der Waals surface area contributed by atoms with E-state index >= 15 is 0 Å². The quantitative estimate of drug-likeness (QED) is 0.868. The maximum Gasteiger partial charge on any atom is 0.405 e. The normalized spacial score (nSPS) is 21.8. The first-order chi connectivity index (χ1) is 10.3. The fourth-order valence-corrected chi connectivity index (χ4v) is 2.39. The van der Waals surface area contributed by atoms with E-state index in [4.69, 9.17) is 16.3 Å². The molecular formula is C14H16ClF3N2O2. The highest BCUT2D eigenvalue weighted by atomic mass is 35.5. The summed E-state index contributed by atoms with van der Waals surface area (Å²) < 4.78 is 41.6. The summed E-state index contributed by atoms with van der Waals surface area (Å²) in [6.07, 6.45) is -3.97. The van der Waals surface area contributed by atoms with Crippen LogP contribution in [-0.4, -0.2) is 37.8 Å². The van der Waals surface area contributed by atoms with Crippen molar-refractivity contribution >= 4 is 17.5 Å². The Bertz CT molecular complexity index is 508. The molecular weight excluding hydrogens is 321 g/mol. The van der Waals surface area contributed by atoms with Crippen molar-refractivity contribution in [3.8, 4) is 0 Å². The number of hydrogen-bond donors (Lipinski definition) is 2. The number of benzene rings is 1. The largest absolute Gasteiger partial charge is 0.405 e. The van der Waals surface area contributed by atoms with Gasteiger partial charge in [-0.2, -0.15) is 13.2 Å². The Labute approximate surface area is 131 Å². The van der Waals surface area contributed by atoms with E-state index in [9.17, 15) is 18.0 Å². The van der Waals surface area contributed by atoms with E-state index in [1.165, 1.54) is 0 Å². The van der Waals surface area contributed by atoms with Gasteiger partial charge in [-0.25, -0.2) is 0 Å².